The van der Waals surface area contributed by atoms with Crippen molar-refractivity contribution in [3.63, 3.8) is 0 Å². The number of aromatic nitrogens is 2. The largest absolute Gasteiger partial charge is 0.485 e. The van der Waals surface area contributed by atoms with E-state index in [1.165, 1.54) is 5.56 Å². The van der Waals surface area contributed by atoms with Crippen LogP contribution in [0.15, 0.2) is 25.7 Å². The van der Waals surface area contributed by atoms with Gasteiger partial charge in [0.1, 0.15) is 23.7 Å². The summed E-state index contributed by atoms with van der Waals surface area (Å²) >= 11 is 7.06. The third kappa shape index (κ3) is 3.80. The van der Waals surface area contributed by atoms with Crippen LogP contribution in [0.2, 0.25) is 0 Å². The molecule has 0 unspecified atom stereocenters. The Morgan fingerprint density at radius 2 is 1.95 bits per heavy atom. The second-order valence-corrected chi connectivity index (χ2v) is 5.96. The fourth-order valence-electron chi connectivity index (χ4n) is 1.64. The van der Waals surface area contributed by atoms with Crippen LogP contribution in [0, 0.1) is 6.92 Å². The smallest absolute Gasteiger partial charge is 0.148 e. The monoisotopic (exact) mass is 403 g/mol. The first kappa shape index (κ1) is 15.5. The summed E-state index contributed by atoms with van der Waals surface area (Å²) in [5, 5.41) is 10.8. The molecule has 0 spiro atoms. The molecule has 0 saturated carbocycles. The van der Waals surface area contributed by atoms with Crippen molar-refractivity contribution in [3.05, 3.63) is 38.0 Å². The average molecular weight is 405 g/mol. The SMILES string of the molecule is CCNCc1cc(Br)c(OCc2nonc2C)c(Br)c1. The first-order valence-corrected chi connectivity index (χ1v) is 7.80. The lowest BCUT2D eigenvalue weighted by atomic mass is 10.2. The minimum Gasteiger partial charge on any atom is -0.485 e. The molecular formula is C13H15Br2N3O2. The molecule has 0 aliphatic rings. The van der Waals surface area contributed by atoms with Crippen molar-refractivity contribution in [2.24, 2.45) is 0 Å². The summed E-state index contributed by atoms with van der Waals surface area (Å²) in [6.45, 7) is 5.99. The molecule has 0 fully saturated rings. The van der Waals surface area contributed by atoms with Crippen LogP contribution in [0.5, 0.6) is 5.75 Å². The molecule has 0 atom stereocenters. The number of ether oxygens (including phenoxy) is 1. The van der Waals surface area contributed by atoms with Crippen LogP contribution in [0.1, 0.15) is 23.9 Å². The van der Waals surface area contributed by atoms with E-state index in [4.69, 9.17) is 4.74 Å². The molecular weight excluding hydrogens is 390 g/mol. The molecule has 1 aromatic heterocycles. The van der Waals surface area contributed by atoms with Crippen LogP contribution >= 0.6 is 31.9 Å². The van der Waals surface area contributed by atoms with Crippen LogP contribution < -0.4 is 10.1 Å². The van der Waals surface area contributed by atoms with E-state index in [-0.39, 0.29) is 0 Å². The summed E-state index contributed by atoms with van der Waals surface area (Å²) in [6, 6.07) is 4.08. The fraction of sp³-hybridized carbons (Fsp3) is 0.385. The molecule has 5 nitrogen and oxygen atoms in total. The van der Waals surface area contributed by atoms with Crippen molar-refractivity contribution < 1.29 is 9.37 Å². The number of aryl methyl sites for hydroxylation is 1. The zero-order valence-electron chi connectivity index (χ0n) is 11.2. The molecule has 0 radical (unpaired) electrons. The summed E-state index contributed by atoms with van der Waals surface area (Å²) in [4.78, 5) is 0. The Bertz CT molecular complexity index is 564. The number of halogens is 2. The topological polar surface area (TPSA) is 60.2 Å². The maximum Gasteiger partial charge on any atom is 0.148 e. The van der Waals surface area contributed by atoms with E-state index in [2.05, 4.69) is 59.0 Å². The molecule has 20 heavy (non-hydrogen) atoms. The van der Waals surface area contributed by atoms with E-state index in [1.807, 2.05) is 19.1 Å². The van der Waals surface area contributed by atoms with Crippen molar-refractivity contribution in [1.29, 1.82) is 0 Å². The number of hydrogen-bond donors (Lipinski definition) is 1. The van der Waals surface area contributed by atoms with Crippen LogP contribution in [0.3, 0.4) is 0 Å². The van der Waals surface area contributed by atoms with Gasteiger partial charge in [0.05, 0.1) is 8.95 Å². The summed E-state index contributed by atoms with van der Waals surface area (Å²) < 4.78 is 12.2. The molecule has 0 aliphatic carbocycles. The van der Waals surface area contributed by atoms with Crippen molar-refractivity contribution in [3.8, 4) is 5.75 Å². The number of nitrogens with zero attached hydrogens (tertiary/aromatic N) is 2. The Morgan fingerprint density at radius 1 is 1.25 bits per heavy atom. The highest BCUT2D eigenvalue weighted by Gasteiger charge is 2.12. The van der Waals surface area contributed by atoms with Gasteiger partial charge in [-0.25, -0.2) is 4.63 Å². The van der Waals surface area contributed by atoms with E-state index in [0.717, 1.165) is 33.5 Å². The number of rotatable bonds is 6. The molecule has 2 aromatic rings. The average Bonchev–Trinajstić information content (AvgIpc) is 2.81. The number of nitrogens with one attached hydrogen (secondary N) is 1. The lowest BCUT2D eigenvalue weighted by Gasteiger charge is -2.11. The highest BCUT2D eigenvalue weighted by molar-refractivity contribution is 9.11. The molecule has 1 aromatic carbocycles. The van der Waals surface area contributed by atoms with Gasteiger partial charge in [-0.2, -0.15) is 0 Å². The molecule has 0 bridgehead atoms. The standard InChI is InChI=1S/C13H15Br2N3O2/c1-3-16-6-9-4-10(14)13(11(15)5-9)19-7-12-8(2)17-20-18-12/h4-5,16H,3,6-7H2,1-2H3. The molecule has 1 heterocycles. The van der Waals surface area contributed by atoms with Gasteiger partial charge in [0.15, 0.2) is 0 Å². The van der Waals surface area contributed by atoms with E-state index in [1.54, 1.807) is 0 Å². The summed E-state index contributed by atoms with van der Waals surface area (Å²) in [5.41, 5.74) is 2.61. The van der Waals surface area contributed by atoms with Gasteiger partial charge in [-0.3, -0.25) is 0 Å². The van der Waals surface area contributed by atoms with Crippen molar-refractivity contribution in [1.82, 2.24) is 15.6 Å². The molecule has 1 N–H and O–H groups in total. The summed E-state index contributed by atoms with van der Waals surface area (Å²) in [6.07, 6.45) is 0. The molecule has 0 amide bonds. The summed E-state index contributed by atoms with van der Waals surface area (Å²) in [5.74, 6) is 0.743. The predicted octanol–water partition coefficient (Wildman–Crippen LogP) is 3.59. The minimum absolute atomic E-state index is 0.319. The molecule has 108 valence electrons. The number of hydrogen-bond acceptors (Lipinski definition) is 5. The molecule has 2 rings (SSSR count). The minimum atomic E-state index is 0.319. The van der Waals surface area contributed by atoms with Crippen molar-refractivity contribution in [2.45, 2.75) is 27.0 Å². The zero-order chi connectivity index (χ0) is 14.5. The Balaban J connectivity index is 2.10. The van der Waals surface area contributed by atoms with Gasteiger partial charge >= 0.3 is 0 Å². The highest BCUT2D eigenvalue weighted by Crippen LogP contribution is 2.35. The van der Waals surface area contributed by atoms with Gasteiger partial charge in [0, 0.05) is 6.54 Å². The Labute approximate surface area is 134 Å². The Kier molecular flexibility index (Phi) is 5.56. The van der Waals surface area contributed by atoms with Gasteiger partial charge in [0.25, 0.3) is 0 Å². The second kappa shape index (κ2) is 7.19. The Hall–Kier alpha value is -0.920. The van der Waals surface area contributed by atoms with Crippen LogP contribution in [0.25, 0.3) is 0 Å². The van der Waals surface area contributed by atoms with Gasteiger partial charge in [-0.05, 0) is 63.0 Å². The van der Waals surface area contributed by atoms with Gasteiger partial charge in [0.2, 0.25) is 0 Å². The Morgan fingerprint density at radius 3 is 2.50 bits per heavy atom. The molecule has 7 heteroatoms. The van der Waals surface area contributed by atoms with Gasteiger partial charge in [-0.15, -0.1) is 0 Å². The third-order valence-electron chi connectivity index (χ3n) is 2.74. The first-order valence-electron chi connectivity index (χ1n) is 6.21. The zero-order valence-corrected chi connectivity index (χ0v) is 14.4. The van der Waals surface area contributed by atoms with Crippen molar-refractivity contribution in [2.75, 3.05) is 6.54 Å². The first-order chi connectivity index (χ1) is 9.61. The van der Waals surface area contributed by atoms with Crippen LogP contribution in [-0.2, 0) is 13.2 Å². The van der Waals surface area contributed by atoms with Crippen molar-refractivity contribution >= 4 is 31.9 Å². The lowest BCUT2D eigenvalue weighted by molar-refractivity contribution is 0.268. The fourth-order valence-corrected chi connectivity index (χ4v) is 3.15. The molecule has 0 saturated heterocycles. The summed E-state index contributed by atoms with van der Waals surface area (Å²) in [7, 11) is 0. The van der Waals surface area contributed by atoms with Crippen LogP contribution in [-0.4, -0.2) is 16.9 Å². The molecule has 0 aliphatic heterocycles. The lowest BCUT2D eigenvalue weighted by Crippen LogP contribution is -2.11. The second-order valence-electron chi connectivity index (χ2n) is 4.25. The highest BCUT2D eigenvalue weighted by atomic mass is 79.9. The normalized spacial score (nSPS) is 10.8. The number of benzene rings is 1. The van der Waals surface area contributed by atoms with Crippen LogP contribution in [0.4, 0.5) is 0 Å². The maximum atomic E-state index is 5.78. The third-order valence-corrected chi connectivity index (χ3v) is 3.91. The van der Waals surface area contributed by atoms with E-state index < -0.39 is 0 Å². The van der Waals surface area contributed by atoms with E-state index >= 15 is 0 Å². The van der Waals surface area contributed by atoms with E-state index in [0.29, 0.717) is 12.3 Å². The van der Waals surface area contributed by atoms with Gasteiger partial charge < -0.3 is 10.1 Å². The predicted molar refractivity (Wildman–Crippen MR) is 82.6 cm³/mol. The quantitative estimate of drug-likeness (QED) is 0.797. The maximum absolute atomic E-state index is 5.78. The van der Waals surface area contributed by atoms with Gasteiger partial charge in [-0.1, -0.05) is 17.2 Å². The van der Waals surface area contributed by atoms with E-state index in [9.17, 15) is 0 Å².